The zero-order chi connectivity index (χ0) is 17.6. The summed E-state index contributed by atoms with van der Waals surface area (Å²) >= 11 is 0. The summed E-state index contributed by atoms with van der Waals surface area (Å²) in [7, 11) is 0. The van der Waals surface area contributed by atoms with E-state index in [1.807, 2.05) is 42.5 Å². The molecule has 3 N–H and O–H groups in total. The lowest BCUT2D eigenvalue weighted by Gasteiger charge is -2.02. The molecule has 0 fully saturated rings. The van der Waals surface area contributed by atoms with Crippen molar-refractivity contribution in [3.8, 4) is 11.3 Å². The Kier molecular flexibility index (Phi) is 4.92. The third kappa shape index (κ3) is 3.94. The zero-order valence-electron chi connectivity index (χ0n) is 13.2. The van der Waals surface area contributed by atoms with Crippen LogP contribution in [0.5, 0.6) is 0 Å². The number of fused-ring (bicyclic) bond motifs is 1. The van der Waals surface area contributed by atoms with Crippen LogP contribution >= 0.6 is 0 Å². The minimum atomic E-state index is -0.555. The SMILES string of the molecule is O=C(CC=CNC(=O)c1ccc(-c2cc3ccccc3o2)cc1)NO. The molecule has 0 saturated heterocycles. The fraction of sp³-hybridized carbons (Fsp3) is 0.0526. The minimum absolute atomic E-state index is 0.0260. The van der Waals surface area contributed by atoms with E-state index in [9.17, 15) is 9.59 Å². The fourth-order valence-electron chi connectivity index (χ4n) is 2.34. The molecule has 0 aliphatic heterocycles. The normalized spacial score (nSPS) is 10.9. The van der Waals surface area contributed by atoms with Crippen molar-refractivity contribution in [1.29, 1.82) is 0 Å². The number of rotatable bonds is 5. The maximum absolute atomic E-state index is 12.0. The molecule has 0 unspecified atom stereocenters. The summed E-state index contributed by atoms with van der Waals surface area (Å²) in [6.07, 6.45) is 2.78. The number of furan rings is 1. The average Bonchev–Trinajstić information content (AvgIpc) is 3.09. The first kappa shape index (κ1) is 16.5. The van der Waals surface area contributed by atoms with Gasteiger partial charge in [-0.1, -0.05) is 36.4 Å². The van der Waals surface area contributed by atoms with Crippen molar-refractivity contribution in [2.45, 2.75) is 6.42 Å². The summed E-state index contributed by atoms with van der Waals surface area (Å²) < 4.78 is 5.80. The number of amides is 2. The summed E-state index contributed by atoms with van der Waals surface area (Å²) in [6, 6.07) is 16.7. The zero-order valence-corrected chi connectivity index (χ0v) is 13.2. The average molecular weight is 336 g/mol. The van der Waals surface area contributed by atoms with Crippen molar-refractivity contribution in [1.82, 2.24) is 10.8 Å². The quantitative estimate of drug-likeness (QED) is 0.493. The molecule has 1 aromatic heterocycles. The van der Waals surface area contributed by atoms with Gasteiger partial charge in [0.1, 0.15) is 11.3 Å². The Hall–Kier alpha value is -3.38. The van der Waals surface area contributed by atoms with Gasteiger partial charge in [-0.25, -0.2) is 5.48 Å². The molecular formula is C19H16N2O4. The van der Waals surface area contributed by atoms with Crippen LogP contribution < -0.4 is 10.8 Å². The molecule has 0 atom stereocenters. The van der Waals surface area contributed by atoms with Crippen LogP contribution in [0.2, 0.25) is 0 Å². The number of nitrogens with one attached hydrogen (secondary N) is 2. The number of para-hydroxylation sites is 1. The van der Waals surface area contributed by atoms with Gasteiger partial charge in [0.25, 0.3) is 5.91 Å². The summed E-state index contributed by atoms with van der Waals surface area (Å²) in [5, 5.41) is 11.9. The Bertz CT molecular complexity index is 893. The summed E-state index contributed by atoms with van der Waals surface area (Å²) in [5.74, 6) is -0.111. The smallest absolute Gasteiger partial charge is 0.255 e. The first-order valence-corrected chi connectivity index (χ1v) is 7.65. The van der Waals surface area contributed by atoms with E-state index in [0.717, 1.165) is 22.3 Å². The molecule has 0 bridgehead atoms. The maximum Gasteiger partial charge on any atom is 0.255 e. The van der Waals surface area contributed by atoms with Crippen LogP contribution in [0.15, 0.2) is 71.3 Å². The Balaban J connectivity index is 1.67. The minimum Gasteiger partial charge on any atom is -0.456 e. The van der Waals surface area contributed by atoms with Gasteiger partial charge in [-0.3, -0.25) is 14.8 Å². The van der Waals surface area contributed by atoms with Crippen LogP contribution in [0.1, 0.15) is 16.8 Å². The fourth-order valence-corrected chi connectivity index (χ4v) is 2.34. The predicted molar refractivity (Wildman–Crippen MR) is 92.8 cm³/mol. The molecular weight excluding hydrogens is 320 g/mol. The molecule has 3 aromatic rings. The van der Waals surface area contributed by atoms with Gasteiger partial charge < -0.3 is 9.73 Å². The molecule has 2 aromatic carbocycles. The highest BCUT2D eigenvalue weighted by molar-refractivity contribution is 5.95. The molecule has 0 aliphatic carbocycles. The summed E-state index contributed by atoms with van der Waals surface area (Å²) in [6.45, 7) is 0. The van der Waals surface area contributed by atoms with Crippen LogP contribution in [0.4, 0.5) is 0 Å². The number of benzene rings is 2. The second kappa shape index (κ2) is 7.46. The van der Waals surface area contributed by atoms with Gasteiger partial charge in [0.15, 0.2) is 0 Å². The third-order valence-electron chi connectivity index (χ3n) is 3.62. The molecule has 0 saturated carbocycles. The van der Waals surface area contributed by atoms with E-state index in [1.54, 1.807) is 12.1 Å². The van der Waals surface area contributed by atoms with Gasteiger partial charge in [-0.15, -0.1) is 0 Å². The van der Waals surface area contributed by atoms with Crippen LogP contribution in [0, 0.1) is 0 Å². The lowest BCUT2D eigenvalue weighted by Crippen LogP contribution is -2.19. The van der Waals surface area contributed by atoms with Gasteiger partial charge in [-0.05, 0) is 24.3 Å². The van der Waals surface area contributed by atoms with Gasteiger partial charge >= 0.3 is 0 Å². The second-order valence-electron chi connectivity index (χ2n) is 5.34. The highest BCUT2D eigenvalue weighted by atomic mass is 16.5. The molecule has 2 amide bonds. The molecule has 25 heavy (non-hydrogen) atoms. The Labute approximate surface area is 143 Å². The largest absolute Gasteiger partial charge is 0.456 e. The van der Waals surface area contributed by atoms with Gasteiger partial charge in [-0.2, -0.15) is 0 Å². The number of hydrogen-bond acceptors (Lipinski definition) is 4. The maximum atomic E-state index is 12.0. The first-order chi connectivity index (χ1) is 12.2. The topological polar surface area (TPSA) is 91.6 Å². The van der Waals surface area contributed by atoms with Gasteiger partial charge in [0, 0.05) is 29.1 Å². The molecule has 1 heterocycles. The van der Waals surface area contributed by atoms with E-state index in [4.69, 9.17) is 9.62 Å². The molecule has 0 spiro atoms. The Morgan fingerprint density at radius 2 is 1.84 bits per heavy atom. The van der Waals surface area contributed by atoms with Crippen molar-refractivity contribution in [3.63, 3.8) is 0 Å². The van der Waals surface area contributed by atoms with Crippen LogP contribution in [0.3, 0.4) is 0 Å². The Morgan fingerprint density at radius 1 is 1.08 bits per heavy atom. The Morgan fingerprint density at radius 3 is 2.56 bits per heavy atom. The molecule has 0 aliphatic rings. The first-order valence-electron chi connectivity index (χ1n) is 7.65. The molecule has 6 heteroatoms. The van der Waals surface area contributed by atoms with Crippen LogP contribution in [-0.2, 0) is 4.79 Å². The standard InChI is InChI=1S/C19H16N2O4/c22-18(21-24)6-3-11-20-19(23)14-9-7-13(8-10-14)17-12-15-4-1-2-5-16(15)25-17/h1-5,7-12,24H,6H2,(H,20,23)(H,21,22). The number of hydroxylamine groups is 1. The van der Waals surface area contributed by atoms with Crippen molar-refractivity contribution in [2.24, 2.45) is 0 Å². The molecule has 3 rings (SSSR count). The van der Waals surface area contributed by atoms with E-state index in [-0.39, 0.29) is 12.3 Å². The molecule has 6 nitrogen and oxygen atoms in total. The van der Waals surface area contributed by atoms with Crippen LogP contribution in [0.25, 0.3) is 22.3 Å². The third-order valence-corrected chi connectivity index (χ3v) is 3.62. The van der Waals surface area contributed by atoms with Crippen molar-refractivity contribution >= 4 is 22.8 Å². The number of hydrogen-bond donors (Lipinski definition) is 3. The number of carbonyl (C=O) groups excluding carboxylic acids is 2. The lowest BCUT2D eigenvalue weighted by molar-refractivity contribution is -0.128. The number of carbonyl (C=O) groups is 2. The van der Waals surface area contributed by atoms with Crippen molar-refractivity contribution < 1.29 is 19.2 Å². The van der Waals surface area contributed by atoms with E-state index in [0.29, 0.717) is 5.56 Å². The summed E-state index contributed by atoms with van der Waals surface area (Å²) in [5.41, 5.74) is 3.68. The highest BCUT2D eigenvalue weighted by Gasteiger charge is 2.08. The van der Waals surface area contributed by atoms with Gasteiger partial charge in [0.05, 0.1) is 0 Å². The van der Waals surface area contributed by atoms with E-state index >= 15 is 0 Å². The van der Waals surface area contributed by atoms with E-state index in [1.165, 1.54) is 17.8 Å². The van der Waals surface area contributed by atoms with Crippen molar-refractivity contribution in [3.05, 3.63) is 72.4 Å². The molecule has 0 radical (unpaired) electrons. The van der Waals surface area contributed by atoms with Crippen LogP contribution in [-0.4, -0.2) is 17.0 Å². The van der Waals surface area contributed by atoms with Gasteiger partial charge in [0.2, 0.25) is 5.91 Å². The second-order valence-corrected chi connectivity index (χ2v) is 5.34. The van der Waals surface area contributed by atoms with Crippen molar-refractivity contribution in [2.75, 3.05) is 0 Å². The molecule has 126 valence electrons. The van der Waals surface area contributed by atoms with E-state index in [2.05, 4.69) is 5.32 Å². The predicted octanol–water partition coefficient (Wildman–Crippen LogP) is 3.24. The summed E-state index contributed by atoms with van der Waals surface area (Å²) in [4.78, 5) is 22.8. The highest BCUT2D eigenvalue weighted by Crippen LogP contribution is 2.27. The monoisotopic (exact) mass is 336 g/mol. The lowest BCUT2D eigenvalue weighted by atomic mass is 10.1. The van der Waals surface area contributed by atoms with E-state index < -0.39 is 5.91 Å².